The van der Waals surface area contributed by atoms with Crippen molar-refractivity contribution in [3.8, 4) is 0 Å². The van der Waals surface area contributed by atoms with Gasteiger partial charge >= 0.3 is 5.97 Å². The summed E-state index contributed by atoms with van der Waals surface area (Å²) in [6.45, 7) is 0. The number of hydrogen-bond acceptors (Lipinski definition) is 3. The third-order valence-electron chi connectivity index (χ3n) is 2.82. The van der Waals surface area contributed by atoms with Crippen LogP contribution in [0.2, 0.25) is 0 Å². The van der Waals surface area contributed by atoms with Crippen molar-refractivity contribution in [1.82, 2.24) is 0 Å². The lowest BCUT2D eigenvalue weighted by Gasteiger charge is -2.04. The largest absolute Gasteiger partial charge is 0.481 e. The monoisotopic (exact) mass is 320 g/mol. The van der Waals surface area contributed by atoms with Crippen LogP contribution in [-0.2, 0) is 22.0 Å². The molecule has 0 spiro atoms. The Morgan fingerprint density at radius 2 is 1.71 bits per heavy atom. The van der Waals surface area contributed by atoms with E-state index in [0.29, 0.717) is 5.75 Å². The van der Waals surface area contributed by atoms with E-state index in [1.54, 1.807) is 36.0 Å². The summed E-state index contributed by atoms with van der Waals surface area (Å²) in [5.74, 6) is 0.508. The number of carboxylic acids is 1. The van der Waals surface area contributed by atoms with Crippen LogP contribution in [0.4, 0.5) is 0 Å². The summed E-state index contributed by atoms with van der Waals surface area (Å²) in [4.78, 5) is 12.5. The summed E-state index contributed by atoms with van der Waals surface area (Å²) < 4.78 is 12.1. The zero-order chi connectivity index (χ0) is 15.1. The molecule has 0 saturated heterocycles. The Kier molecular flexibility index (Phi) is 6.02. The van der Waals surface area contributed by atoms with Crippen LogP contribution < -0.4 is 0 Å². The summed E-state index contributed by atoms with van der Waals surface area (Å²) in [5, 5.41) is 8.71. The maximum absolute atomic E-state index is 12.1. The second-order valence-corrected chi connectivity index (χ2v) is 7.16. The Morgan fingerprint density at radius 1 is 1.05 bits per heavy atom. The van der Waals surface area contributed by atoms with Crippen LogP contribution >= 0.6 is 11.8 Å². The molecule has 5 heteroatoms. The molecule has 0 heterocycles. The predicted molar refractivity (Wildman–Crippen MR) is 86.2 cm³/mol. The number of carboxylic acid groups (broad SMARTS) is 1. The zero-order valence-corrected chi connectivity index (χ0v) is 13.0. The molecule has 1 N–H and O–H groups in total. The fourth-order valence-electron chi connectivity index (χ4n) is 1.80. The van der Waals surface area contributed by atoms with Crippen molar-refractivity contribution in [3.63, 3.8) is 0 Å². The molecule has 0 fully saturated rings. The van der Waals surface area contributed by atoms with Gasteiger partial charge in [-0.1, -0.05) is 30.3 Å². The lowest BCUT2D eigenvalue weighted by molar-refractivity contribution is -0.136. The van der Waals surface area contributed by atoms with E-state index in [2.05, 4.69) is 0 Å². The van der Waals surface area contributed by atoms with Crippen molar-refractivity contribution in [3.05, 3.63) is 60.2 Å². The van der Waals surface area contributed by atoms with Gasteiger partial charge in [-0.15, -0.1) is 11.8 Å². The molecule has 0 aromatic heterocycles. The minimum Gasteiger partial charge on any atom is -0.481 e. The maximum atomic E-state index is 12.1. The van der Waals surface area contributed by atoms with Gasteiger partial charge in [-0.3, -0.25) is 9.00 Å². The molecular formula is C16H16O3S2. The van der Waals surface area contributed by atoms with Crippen LogP contribution in [-0.4, -0.2) is 26.8 Å². The number of thioether (sulfide) groups is 1. The van der Waals surface area contributed by atoms with Gasteiger partial charge < -0.3 is 5.11 Å². The lowest BCUT2D eigenvalue weighted by Crippen LogP contribution is -2.02. The Bertz CT molecular complexity index is 609. The average Bonchev–Trinajstić information content (AvgIpc) is 2.48. The van der Waals surface area contributed by atoms with E-state index in [1.165, 1.54) is 4.90 Å². The molecule has 0 aliphatic heterocycles. The normalized spacial score (nSPS) is 12.0. The van der Waals surface area contributed by atoms with Gasteiger partial charge in [-0.25, -0.2) is 0 Å². The van der Waals surface area contributed by atoms with Crippen molar-refractivity contribution in [1.29, 1.82) is 0 Å². The molecule has 3 nitrogen and oxygen atoms in total. The van der Waals surface area contributed by atoms with Crippen molar-refractivity contribution in [2.24, 2.45) is 0 Å². The highest BCUT2D eigenvalue weighted by Crippen LogP contribution is 2.18. The third-order valence-corrected chi connectivity index (χ3v) is 5.47. The first-order valence-corrected chi connectivity index (χ1v) is 8.82. The van der Waals surface area contributed by atoms with E-state index < -0.39 is 16.8 Å². The van der Waals surface area contributed by atoms with Gasteiger partial charge in [-0.05, 0) is 29.8 Å². The van der Waals surface area contributed by atoms with Crippen LogP contribution in [0.1, 0.15) is 5.56 Å². The third kappa shape index (κ3) is 5.36. The molecule has 2 rings (SSSR count). The van der Waals surface area contributed by atoms with Gasteiger partial charge in [0.2, 0.25) is 0 Å². The van der Waals surface area contributed by atoms with Crippen LogP contribution in [0, 0.1) is 0 Å². The highest BCUT2D eigenvalue weighted by Gasteiger charge is 2.06. The molecule has 0 aliphatic carbocycles. The molecule has 21 heavy (non-hydrogen) atoms. The highest BCUT2D eigenvalue weighted by atomic mass is 32.2. The summed E-state index contributed by atoms with van der Waals surface area (Å²) in [6, 6.07) is 17.0. The van der Waals surface area contributed by atoms with Crippen LogP contribution in [0.25, 0.3) is 0 Å². The first-order valence-electron chi connectivity index (χ1n) is 6.52. The molecular weight excluding hydrogens is 304 g/mol. The van der Waals surface area contributed by atoms with Gasteiger partial charge in [0.25, 0.3) is 0 Å². The van der Waals surface area contributed by atoms with E-state index in [0.717, 1.165) is 16.2 Å². The quantitative estimate of drug-likeness (QED) is 0.796. The standard InChI is InChI=1S/C16H16O3S2/c17-16(18)12-13-6-8-15(9-7-13)21(19)11-10-20-14-4-2-1-3-5-14/h1-9H,10-12H2,(H,17,18). The topological polar surface area (TPSA) is 54.4 Å². The number of rotatable bonds is 7. The molecule has 1 atom stereocenters. The van der Waals surface area contributed by atoms with Gasteiger partial charge in [0.15, 0.2) is 0 Å². The number of benzene rings is 2. The molecule has 2 aromatic carbocycles. The number of aliphatic carboxylic acids is 1. The van der Waals surface area contributed by atoms with Crippen LogP contribution in [0.15, 0.2) is 64.4 Å². The average molecular weight is 320 g/mol. The molecule has 2 aromatic rings. The smallest absolute Gasteiger partial charge is 0.307 e. The molecule has 0 radical (unpaired) electrons. The Labute approximate surface area is 130 Å². The second-order valence-electron chi connectivity index (χ2n) is 4.43. The van der Waals surface area contributed by atoms with Crippen LogP contribution in [0.3, 0.4) is 0 Å². The van der Waals surface area contributed by atoms with Crippen LogP contribution in [0.5, 0.6) is 0 Å². The van der Waals surface area contributed by atoms with Crippen molar-refractivity contribution < 1.29 is 14.1 Å². The summed E-state index contributed by atoms with van der Waals surface area (Å²) in [6.07, 6.45) is -0.00320. The highest BCUT2D eigenvalue weighted by molar-refractivity contribution is 8.00. The van der Waals surface area contributed by atoms with E-state index in [9.17, 15) is 9.00 Å². The number of carbonyl (C=O) groups is 1. The molecule has 110 valence electrons. The van der Waals surface area contributed by atoms with Gasteiger partial charge in [0.1, 0.15) is 0 Å². The Morgan fingerprint density at radius 3 is 2.33 bits per heavy atom. The molecule has 1 unspecified atom stereocenters. The van der Waals surface area contributed by atoms with E-state index in [1.807, 2.05) is 30.3 Å². The first-order chi connectivity index (χ1) is 10.1. The molecule has 0 amide bonds. The summed E-state index contributed by atoms with van der Waals surface area (Å²) in [7, 11) is -1.05. The lowest BCUT2D eigenvalue weighted by atomic mass is 10.2. The minimum atomic E-state index is -1.05. The SMILES string of the molecule is O=C(O)Cc1ccc(S(=O)CCSc2ccccc2)cc1. The first kappa shape index (κ1) is 15.8. The number of hydrogen-bond donors (Lipinski definition) is 1. The Balaban J connectivity index is 1.84. The van der Waals surface area contributed by atoms with E-state index >= 15 is 0 Å². The fourth-order valence-corrected chi connectivity index (χ4v) is 4.00. The van der Waals surface area contributed by atoms with Gasteiger partial charge in [0.05, 0.1) is 17.2 Å². The summed E-state index contributed by atoms with van der Waals surface area (Å²) in [5.41, 5.74) is 0.724. The maximum Gasteiger partial charge on any atom is 0.307 e. The minimum absolute atomic E-state index is 0.00320. The zero-order valence-electron chi connectivity index (χ0n) is 11.4. The van der Waals surface area contributed by atoms with Crippen molar-refractivity contribution in [2.45, 2.75) is 16.2 Å². The fraction of sp³-hybridized carbons (Fsp3) is 0.188. The summed E-state index contributed by atoms with van der Waals surface area (Å²) >= 11 is 1.68. The van der Waals surface area contributed by atoms with Crippen molar-refractivity contribution in [2.75, 3.05) is 11.5 Å². The van der Waals surface area contributed by atoms with E-state index in [-0.39, 0.29) is 6.42 Å². The van der Waals surface area contributed by atoms with Crippen molar-refractivity contribution >= 4 is 28.5 Å². The second kappa shape index (κ2) is 8.00. The Hall–Kier alpha value is -1.59. The molecule has 0 aliphatic rings. The predicted octanol–water partition coefficient (Wildman–Crippen LogP) is 3.21. The molecule has 0 saturated carbocycles. The van der Waals surface area contributed by atoms with Gasteiger partial charge in [0, 0.05) is 21.3 Å². The molecule has 0 bridgehead atoms. The van der Waals surface area contributed by atoms with Gasteiger partial charge in [-0.2, -0.15) is 0 Å². The van der Waals surface area contributed by atoms with E-state index in [4.69, 9.17) is 5.11 Å².